The number of aliphatic hydroxyl groups is 1. The maximum absolute atomic E-state index is 12.1. The summed E-state index contributed by atoms with van der Waals surface area (Å²) >= 11 is 3.31. The van der Waals surface area contributed by atoms with Gasteiger partial charge >= 0.3 is 0 Å². The molecule has 0 unspecified atom stereocenters. The van der Waals surface area contributed by atoms with Gasteiger partial charge in [0.05, 0.1) is 6.10 Å². The molecule has 0 spiro atoms. The number of halogens is 1. The topological polar surface area (TPSA) is 40.5 Å². The lowest BCUT2D eigenvalue weighted by Crippen LogP contribution is -2.65. The second-order valence-electron chi connectivity index (χ2n) is 7.95. The molecule has 0 amide bonds. The molecule has 0 aliphatic rings. The van der Waals surface area contributed by atoms with E-state index in [0.717, 1.165) is 40.5 Å². The Hall–Kier alpha value is -1.20. The van der Waals surface area contributed by atoms with Crippen LogP contribution in [-0.4, -0.2) is 24.3 Å². The van der Waals surface area contributed by atoms with Gasteiger partial charge in [-0.05, 0) is 32.7 Å². The van der Waals surface area contributed by atoms with Gasteiger partial charge in [-0.1, -0.05) is 110 Å². The number of unbranched alkanes of at least 4 members (excludes halogenated alkanes) is 1. The maximum Gasteiger partial charge on any atom is 0.258 e. The lowest BCUT2D eigenvalue weighted by Gasteiger charge is -2.41. The highest BCUT2D eigenvalue weighted by Gasteiger charge is 2.49. The Labute approximate surface area is 173 Å². The summed E-state index contributed by atoms with van der Waals surface area (Å²) in [6, 6.07) is 20.3. The number of hydrogen-bond acceptors (Lipinski definition) is 2. The van der Waals surface area contributed by atoms with Crippen molar-refractivity contribution in [2.24, 2.45) is 0 Å². The van der Waals surface area contributed by atoms with Crippen molar-refractivity contribution in [2.45, 2.75) is 57.1 Å². The quantitative estimate of drug-likeness (QED) is 0.408. The summed E-state index contributed by atoms with van der Waals surface area (Å²) in [5.74, 6) is 0. The van der Waals surface area contributed by atoms with Crippen LogP contribution < -0.4 is 10.4 Å². The predicted octanol–water partition coefficient (Wildman–Crippen LogP) is 4.74. The van der Waals surface area contributed by atoms with Crippen LogP contribution in [0.4, 0.5) is 0 Å². The van der Waals surface area contributed by atoms with Crippen LogP contribution in [0.15, 0.2) is 71.7 Å². The summed E-state index contributed by atoms with van der Waals surface area (Å²) in [6.07, 6.45) is 3.85. The van der Waals surface area contributed by atoms with Crippen LogP contribution in [0.3, 0.4) is 0 Å². The number of benzene rings is 2. The second kappa shape index (κ2) is 9.83. The van der Waals surface area contributed by atoms with E-state index in [1.807, 2.05) is 36.4 Å². The van der Waals surface area contributed by atoms with Gasteiger partial charge in [-0.25, -0.2) is 0 Å². The van der Waals surface area contributed by atoms with E-state index >= 15 is 0 Å². The van der Waals surface area contributed by atoms with E-state index in [0.29, 0.717) is 6.42 Å². The smallest absolute Gasteiger partial charge is 0.258 e. The van der Waals surface area contributed by atoms with E-state index < -0.39 is 8.32 Å². The lowest BCUT2D eigenvalue weighted by molar-refractivity contribution is 0.162. The van der Waals surface area contributed by atoms with E-state index in [2.05, 4.69) is 60.6 Å². The number of aliphatic hydroxyl groups excluding tert-OH is 1. The van der Waals surface area contributed by atoms with Gasteiger partial charge in [0.2, 0.25) is 0 Å². The molecule has 1 atom stereocenters. The normalized spacial score (nSPS) is 13.4. The standard InChI is InChI=1S/C23H31BrO2Si/c1-19(24)18-20(25)12-10-11-17-23(2,3)27(26,21-13-6-4-7-14-21)22-15-8-5-9-16-22/h4-9,13-16,20,25-26H,1,10-12,17-18H2,2-3H3/t20-/m0/s1. The van der Waals surface area contributed by atoms with Crippen LogP contribution in [0.25, 0.3) is 0 Å². The molecule has 0 aliphatic heterocycles. The van der Waals surface area contributed by atoms with Crippen molar-refractivity contribution >= 4 is 34.6 Å². The van der Waals surface area contributed by atoms with Gasteiger partial charge in [0.1, 0.15) is 0 Å². The minimum atomic E-state index is -2.92. The lowest BCUT2D eigenvalue weighted by atomic mass is 10.0. The molecule has 4 heteroatoms. The fourth-order valence-corrected chi connectivity index (χ4v) is 7.95. The average molecular weight is 447 g/mol. The van der Waals surface area contributed by atoms with E-state index in [4.69, 9.17) is 0 Å². The molecule has 2 aromatic carbocycles. The average Bonchev–Trinajstić information content (AvgIpc) is 2.65. The minimum Gasteiger partial charge on any atom is -0.424 e. The van der Waals surface area contributed by atoms with E-state index in [9.17, 15) is 9.90 Å². The summed E-state index contributed by atoms with van der Waals surface area (Å²) in [5.41, 5.74) is 0. The molecule has 0 aromatic heterocycles. The van der Waals surface area contributed by atoms with E-state index in [-0.39, 0.29) is 11.1 Å². The van der Waals surface area contributed by atoms with Crippen molar-refractivity contribution < 1.29 is 9.90 Å². The first kappa shape index (κ1) is 22.1. The molecule has 146 valence electrons. The molecular formula is C23H31BrO2Si. The van der Waals surface area contributed by atoms with Crippen molar-refractivity contribution in [1.82, 2.24) is 0 Å². The molecule has 2 nitrogen and oxygen atoms in total. The van der Waals surface area contributed by atoms with Crippen molar-refractivity contribution in [3.63, 3.8) is 0 Å². The summed E-state index contributed by atoms with van der Waals surface area (Å²) in [4.78, 5) is 12.1. The Morgan fingerprint density at radius 3 is 1.93 bits per heavy atom. The SMILES string of the molecule is C=C(Br)C[C@@H](O)CCCCC(C)(C)[Si](O)(c1ccccc1)c1ccccc1. The third-order valence-electron chi connectivity index (χ3n) is 5.41. The highest BCUT2D eigenvalue weighted by molar-refractivity contribution is 9.11. The maximum atomic E-state index is 12.1. The molecule has 0 radical (unpaired) electrons. The summed E-state index contributed by atoms with van der Waals surface area (Å²) in [5, 5.41) is 11.9. The van der Waals surface area contributed by atoms with Gasteiger partial charge in [0.25, 0.3) is 8.32 Å². The Morgan fingerprint density at radius 1 is 1.00 bits per heavy atom. The van der Waals surface area contributed by atoms with Crippen molar-refractivity contribution in [1.29, 1.82) is 0 Å². The molecular weight excluding hydrogens is 416 g/mol. The van der Waals surface area contributed by atoms with Crippen LogP contribution in [0.1, 0.15) is 46.0 Å². The molecule has 0 heterocycles. The largest absolute Gasteiger partial charge is 0.424 e. The molecule has 2 rings (SSSR count). The molecule has 0 saturated carbocycles. The van der Waals surface area contributed by atoms with Crippen molar-refractivity contribution in [3.8, 4) is 0 Å². The van der Waals surface area contributed by atoms with Gasteiger partial charge in [0.15, 0.2) is 0 Å². The van der Waals surface area contributed by atoms with Gasteiger partial charge in [0, 0.05) is 6.42 Å². The molecule has 2 aromatic rings. The monoisotopic (exact) mass is 446 g/mol. The third-order valence-corrected chi connectivity index (χ3v) is 10.3. The molecule has 2 N–H and O–H groups in total. The van der Waals surface area contributed by atoms with Gasteiger partial charge in [-0.15, -0.1) is 0 Å². The van der Waals surface area contributed by atoms with Crippen molar-refractivity contribution in [2.75, 3.05) is 0 Å². The molecule has 0 bridgehead atoms. The highest BCUT2D eigenvalue weighted by atomic mass is 79.9. The van der Waals surface area contributed by atoms with Gasteiger partial charge < -0.3 is 9.90 Å². The van der Waals surface area contributed by atoms with Crippen LogP contribution in [0.2, 0.25) is 5.04 Å². The predicted molar refractivity (Wildman–Crippen MR) is 121 cm³/mol. The zero-order valence-corrected chi connectivity index (χ0v) is 19.0. The highest BCUT2D eigenvalue weighted by Crippen LogP contribution is 2.40. The Bertz CT molecular complexity index is 676. The third kappa shape index (κ3) is 5.64. The number of hydrogen-bond donors (Lipinski definition) is 2. The Morgan fingerprint density at radius 2 is 1.48 bits per heavy atom. The first-order valence-corrected chi connectivity index (χ1v) is 12.4. The second-order valence-corrected chi connectivity index (χ2v) is 13.0. The minimum absolute atomic E-state index is 0.223. The van der Waals surface area contributed by atoms with Crippen LogP contribution >= 0.6 is 15.9 Å². The molecule has 0 aliphatic carbocycles. The fraction of sp³-hybridized carbons (Fsp3) is 0.391. The van der Waals surface area contributed by atoms with Crippen LogP contribution in [0, 0.1) is 0 Å². The first-order chi connectivity index (χ1) is 12.8. The molecule has 27 heavy (non-hydrogen) atoms. The summed E-state index contributed by atoms with van der Waals surface area (Å²) < 4.78 is 0.838. The zero-order chi connectivity index (χ0) is 19.9. The van der Waals surface area contributed by atoms with Gasteiger partial charge in [-0.3, -0.25) is 0 Å². The van der Waals surface area contributed by atoms with Crippen molar-refractivity contribution in [3.05, 3.63) is 71.7 Å². The zero-order valence-electron chi connectivity index (χ0n) is 16.4. The van der Waals surface area contributed by atoms with Crippen LogP contribution in [0.5, 0.6) is 0 Å². The van der Waals surface area contributed by atoms with E-state index in [1.54, 1.807) is 0 Å². The molecule has 0 saturated heterocycles. The van der Waals surface area contributed by atoms with Crippen LogP contribution in [-0.2, 0) is 0 Å². The first-order valence-electron chi connectivity index (χ1n) is 9.62. The van der Waals surface area contributed by atoms with Gasteiger partial charge in [-0.2, -0.15) is 0 Å². The number of rotatable bonds is 10. The Kier molecular flexibility index (Phi) is 8.04. The summed E-state index contributed by atoms with van der Waals surface area (Å²) in [7, 11) is -2.92. The molecule has 0 fully saturated rings. The Balaban J connectivity index is 2.16. The van der Waals surface area contributed by atoms with E-state index in [1.165, 1.54) is 0 Å². The fourth-order valence-electron chi connectivity index (χ4n) is 3.79. The summed E-state index contributed by atoms with van der Waals surface area (Å²) in [6.45, 7) is 8.17.